The van der Waals surface area contributed by atoms with Crippen LogP contribution in [0.15, 0.2) is 0 Å². The number of carbonyl (C=O) groups is 1. The van der Waals surface area contributed by atoms with Crippen molar-refractivity contribution in [1.29, 1.82) is 0 Å². The second-order valence-electron chi connectivity index (χ2n) is 5.51. The van der Waals surface area contributed by atoms with E-state index >= 15 is 0 Å². The van der Waals surface area contributed by atoms with Crippen molar-refractivity contribution in [3.8, 4) is 0 Å². The molecule has 2 rings (SSSR count). The van der Waals surface area contributed by atoms with Crippen LogP contribution in [0.4, 0.5) is 0 Å². The van der Waals surface area contributed by atoms with Crippen molar-refractivity contribution >= 4 is 5.91 Å². The summed E-state index contributed by atoms with van der Waals surface area (Å²) in [6.45, 7) is 6.30. The third kappa shape index (κ3) is 3.19. The van der Waals surface area contributed by atoms with Gasteiger partial charge in [0.05, 0.1) is 6.04 Å². The number of rotatable bonds is 6. The third-order valence-corrected chi connectivity index (χ3v) is 4.33. The number of hydrogen-bond acceptors (Lipinski definition) is 3. The van der Waals surface area contributed by atoms with Crippen molar-refractivity contribution in [2.24, 2.45) is 17.6 Å². The molecule has 1 heterocycles. The fraction of sp³-hybridized carbons (Fsp3) is 0.923. The monoisotopic (exact) mass is 239 g/mol. The summed E-state index contributed by atoms with van der Waals surface area (Å²) in [5.41, 5.74) is 5.38. The zero-order valence-electron chi connectivity index (χ0n) is 10.8. The number of likely N-dealkylation sites (tertiary alicyclic amines) is 1. The summed E-state index contributed by atoms with van der Waals surface area (Å²) in [5, 5.41) is 3.16. The average molecular weight is 239 g/mol. The van der Waals surface area contributed by atoms with Crippen LogP contribution in [0.1, 0.15) is 32.6 Å². The van der Waals surface area contributed by atoms with Crippen molar-refractivity contribution in [2.75, 3.05) is 26.2 Å². The maximum Gasteiger partial charge on any atom is 0.234 e. The summed E-state index contributed by atoms with van der Waals surface area (Å²) >= 11 is 0. The van der Waals surface area contributed by atoms with E-state index in [0.717, 1.165) is 31.3 Å². The van der Waals surface area contributed by atoms with E-state index in [1.165, 1.54) is 32.4 Å². The topological polar surface area (TPSA) is 58.4 Å². The Morgan fingerprint density at radius 1 is 1.41 bits per heavy atom. The minimum Gasteiger partial charge on any atom is -0.368 e. The molecule has 3 N–H and O–H groups in total. The van der Waals surface area contributed by atoms with Crippen LogP contribution in [-0.4, -0.2) is 43.0 Å². The van der Waals surface area contributed by atoms with Gasteiger partial charge in [0.25, 0.3) is 0 Å². The molecule has 4 nitrogen and oxygen atoms in total. The largest absolute Gasteiger partial charge is 0.368 e. The number of fused-ring (bicyclic) bond motifs is 1. The molecule has 1 aliphatic carbocycles. The molecular weight excluding hydrogens is 214 g/mol. The highest BCUT2D eigenvalue weighted by molar-refractivity contribution is 5.79. The molecule has 2 aliphatic rings. The summed E-state index contributed by atoms with van der Waals surface area (Å²) in [6.07, 6.45) is 5.09. The number of nitrogens with two attached hydrogens (primary N) is 1. The molecule has 1 saturated heterocycles. The Morgan fingerprint density at radius 3 is 2.59 bits per heavy atom. The Hall–Kier alpha value is -0.610. The lowest BCUT2D eigenvalue weighted by Gasteiger charge is -2.20. The second kappa shape index (κ2) is 5.83. The van der Waals surface area contributed by atoms with E-state index in [0.29, 0.717) is 0 Å². The van der Waals surface area contributed by atoms with Gasteiger partial charge in [-0.2, -0.15) is 0 Å². The smallest absolute Gasteiger partial charge is 0.234 e. The summed E-state index contributed by atoms with van der Waals surface area (Å²) in [5.74, 6) is 1.65. The van der Waals surface area contributed by atoms with Crippen LogP contribution >= 0.6 is 0 Å². The zero-order chi connectivity index (χ0) is 12.3. The van der Waals surface area contributed by atoms with Gasteiger partial charge in [0, 0.05) is 19.6 Å². The lowest BCUT2D eigenvalue weighted by Crippen LogP contribution is -2.43. The molecule has 3 atom stereocenters. The van der Waals surface area contributed by atoms with Crippen LogP contribution in [0.2, 0.25) is 0 Å². The van der Waals surface area contributed by atoms with Crippen LogP contribution in [0.5, 0.6) is 0 Å². The lowest BCUT2D eigenvalue weighted by molar-refractivity contribution is -0.120. The van der Waals surface area contributed by atoms with E-state index in [1.54, 1.807) is 0 Å². The second-order valence-corrected chi connectivity index (χ2v) is 5.51. The molecule has 0 spiro atoms. The highest BCUT2D eigenvalue weighted by atomic mass is 16.1. The molecule has 0 aromatic heterocycles. The van der Waals surface area contributed by atoms with E-state index in [1.807, 2.05) is 6.92 Å². The van der Waals surface area contributed by atoms with Crippen molar-refractivity contribution in [2.45, 2.75) is 38.6 Å². The summed E-state index contributed by atoms with van der Waals surface area (Å²) in [4.78, 5) is 13.7. The standard InChI is InChI=1S/C13H25N3O/c1-2-15-12(13(14)17)6-7-16-8-10-4-3-5-11(10)9-16/h10-12,15H,2-9H2,1H3,(H2,14,17). The molecular formula is C13H25N3O. The SMILES string of the molecule is CCNC(CCN1CC2CCCC2C1)C(N)=O. The third-order valence-electron chi connectivity index (χ3n) is 4.33. The van der Waals surface area contributed by atoms with E-state index in [2.05, 4.69) is 10.2 Å². The van der Waals surface area contributed by atoms with E-state index in [-0.39, 0.29) is 11.9 Å². The number of hydrogen-bond donors (Lipinski definition) is 2. The first kappa shape index (κ1) is 12.8. The van der Waals surface area contributed by atoms with Crippen LogP contribution in [-0.2, 0) is 4.79 Å². The Balaban J connectivity index is 1.72. The number of amides is 1. The van der Waals surface area contributed by atoms with Gasteiger partial charge < -0.3 is 16.0 Å². The van der Waals surface area contributed by atoms with E-state index in [4.69, 9.17) is 5.73 Å². The van der Waals surface area contributed by atoms with Crippen molar-refractivity contribution < 1.29 is 4.79 Å². The molecule has 0 bridgehead atoms. The van der Waals surface area contributed by atoms with E-state index in [9.17, 15) is 4.79 Å². The normalized spacial score (nSPS) is 30.4. The first-order valence-corrected chi connectivity index (χ1v) is 6.95. The van der Waals surface area contributed by atoms with Gasteiger partial charge in [-0.1, -0.05) is 13.3 Å². The molecule has 17 heavy (non-hydrogen) atoms. The number of nitrogens with one attached hydrogen (secondary N) is 1. The Labute approximate surface area is 104 Å². The van der Waals surface area contributed by atoms with E-state index < -0.39 is 0 Å². The van der Waals surface area contributed by atoms with Gasteiger partial charge in [-0.25, -0.2) is 0 Å². The summed E-state index contributed by atoms with van der Waals surface area (Å²) in [7, 11) is 0. The van der Waals surface area contributed by atoms with Crippen molar-refractivity contribution in [3.05, 3.63) is 0 Å². The molecule has 1 amide bonds. The quantitative estimate of drug-likeness (QED) is 0.712. The molecule has 1 saturated carbocycles. The summed E-state index contributed by atoms with van der Waals surface area (Å²) < 4.78 is 0. The Bertz CT molecular complexity index is 257. The van der Waals surface area contributed by atoms with Crippen LogP contribution < -0.4 is 11.1 Å². The molecule has 0 radical (unpaired) electrons. The average Bonchev–Trinajstić information content (AvgIpc) is 2.83. The van der Waals surface area contributed by atoms with Crippen LogP contribution in [0, 0.1) is 11.8 Å². The maximum atomic E-state index is 11.2. The van der Waals surface area contributed by atoms with Gasteiger partial charge in [0.2, 0.25) is 5.91 Å². The van der Waals surface area contributed by atoms with Crippen LogP contribution in [0.3, 0.4) is 0 Å². The molecule has 1 aliphatic heterocycles. The van der Waals surface area contributed by atoms with Gasteiger partial charge in [0.15, 0.2) is 0 Å². The molecule has 4 heteroatoms. The van der Waals surface area contributed by atoms with Crippen LogP contribution in [0.25, 0.3) is 0 Å². The minimum atomic E-state index is -0.216. The minimum absolute atomic E-state index is 0.152. The Kier molecular flexibility index (Phi) is 4.40. The zero-order valence-corrected chi connectivity index (χ0v) is 10.8. The van der Waals surface area contributed by atoms with Gasteiger partial charge in [-0.05, 0) is 37.6 Å². The fourth-order valence-electron chi connectivity index (χ4n) is 3.42. The van der Waals surface area contributed by atoms with Gasteiger partial charge in [0.1, 0.15) is 0 Å². The molecule has 0 aromatic carbocycles. The number of primary amides is 1. The first-order valence-electron chi connectivity index (χ1n) is 6.95. The van der Waals surface area contributed by atoms with Crippen molar-refractivity contribution in [3.63, 3.8) is 0 Å². The van der Waals surface area contributed by atoms with Gasteiger partial charge in [-0.3, -0.25) is 4.79 Å². The first-order chi connectivity index (χ1) is 8.20. The molecule has 98 valence electrons. The highest BCUT2D eigenvalue weighted by Crippen LogP contribution is 2.37. The predicted molar refractivity (Wildman–Crippen MR) is 68.5 cm³/mol. The number of nitrogens with zero attached hydrogens (tertiary/aromatic N) is 1. The van der Waals surface area contributed by atoms with Crippen molar-refractivity contribution in [1.82, 2.24) is 10.2 Å². The lowest BCUT2D eigenvalue weighted by atomic mass is 10.0. The number of likely N-dealkylation sites (N-methyl/N-ethyl adjacent to an activating group) is 1. The molecule has 0 aromatic rings. The summed E-state index contributed by atoms with van der Waals surface area (Å²) in [6, 6.07) is -0.152. The molecule has 3 unspecified atom stereocenters. The fourth-order valence-corrected chi connectivity index (χ4v) is 3.42. The highest BCUT2D eigenvalue weighted by Gasteiger charge is 2.35. The number of carbonyl (C=O) groups excluding carboxylic acids is 1. The molecule has 2 fully saturated rings. The maximum absolute atomic E-state index is 11.2. The Morgan fingerprint density at radius 2 is 2.06 bits per heavy atom. The predicted octanol–water partition coefficient (Wildman–Crippen LogP) is 0.572. The van der Waals surface area contributed by atoms with Gasteiger partial charge in [-0.15, -0.1) is 0 Å². The van der Waals surface area contributed by atoms with Gasteiger partial charge >= 0.3 is 0 Å².